The lowest BCUT2D eigenvalue weighted by Crippen LogP contribution is -2.37. The van der Waals surface area contributed by atoms with E-state index in [2.05, 4.69) is 50.3 Å². The number of carbonyl (C=O) groups is 1. The van der Waals surface area contributed by atoms with Crippen LogP contribution in [0, 0.1) is 0 Å². The Kier molecular flexibility index (Phi) is 43.4. The van der Waals surface area contributed by atoms with Gasteiger partial charge in [-0.15, -0.1) is 0 Å². The van der Waals surface area contributed by atoms with Crippen molar-refractivity contribution in [1.82, 2.24) is 0 Å². The first-order valence-electron chi connectivity index (χ1n) is 25.2. The van der Waals surface area contributed by atoms with Crippen molar-refractivity contribution in [2.24, 2.45) is 0 Å². The molecule has 8 nitrogen and oxygen atoms in total. The van der Waals surface area contributed by atoms with E-state index >= 15 is 0 Å². The zero-order valence-electron chi connectivity index (χ0n) is 40.2. The molecule has 0 aliphatic heterocycles. The first-order valence-corrected chi connectivity index (χ1v) is 26.7. The summed E-state index contributed by atoms with van der Waals surface area (Å²) in [5.41, 5.74) is 0. The maximum Gasteiger partial charge on any atom is 0.472 e. The molecule has 0 aromatic rings. The van der Waals surface area contributed by atoms with Gasteiger partial charge in [0.2, 0.25) is 0 Å². The number of esters is 1. The molecule has 0 saturated carbocycles. The standard InChI is InChI=1S/C51H98NO7P/c1-6-8-10-12-14-16-18-20-22-24-26-27-28-30-32-34-36-38-40-42-44-51(53)59-50(49-58-60(54,55)57-47-45-52(3,4)5)48-56-46-43-41-39-37-35-33-31-29-25-23-21-19-17-15-13-11-9-7-2/h9,11,15,17,21,23,50H,6-8,10,12-14,16,18-20,22,24-49H2,1-5H3/p+1/b11-9-,17-15-,23-21-. The summed E-state index contributed by atoms with van der Waals surface area (Å²) in [6.07, 6.45) is 53.3. The predicted octanol–water partition coefficient (Wildman–Crippen LogP) is 15.3. The van der Waals surface area contributed by atoms with Crippen molar-refractivity contribution in [3.63, 3.8) is 0 Å². The number of likely N-dealkylation sites (N-methyl/N-ethyl adjacent to an activating group) is 1. The van der Waals surface area contributed by atoms with E-state index in [9.17, 15) is 14.3 Å². The molecule has 0 rings (SSSR count). The maximum atomic E-state index is 12.8. The molecule has 0 heterocycles. The quantitative estimate of drug-likeness (QED) is 0.0214. The van der Waals surface area contributed by atoms with E-state index in [1.165, 1.54) is 154 Å². The number of allylic oxidation sites excluding steroid dienone is 6. The van der Waals surface area contributed by atoms with Crippen LogP contribution in [0.4, 0.5) is 0 Å². The largest absolute Gasteiger partial charge is 0.472 e. The summed E-state index contributed by atoms with van der Waals surface area (Å²) in [7, 11) is 1.67. The van der Waals surface area contributed by atoms with Gasteiger partial charge in [-0.05, 0) is 44.9 Å². The maximum absolute atomic E-state index is 12.8. The Morgan fingerprint density at radius 2 is 0.967 bits per heavy atom. The van der Waals surface area contributed by atoms with Gasteiger partial charge in [0.25, 0.3) is 0 Å². The number of rotatable bonds is 47. The van der Waals surface area contributed by atoms with Crippen LogP contribution in [0.1, 0.15) is 226 Å². The van der Waals surface area contributed by atoms with Gasteiger partial charge in [-0.2, -0.15) is 0 Å². The molecule has 0 aromatic carbocycles. The second kappa shape index (κ2) is 44.3. The topological polar surface area (TPSA) is 91.3 Å². The summed E-state index contributed by atoms with van der Waals surface area (Å²) >= 11 is 0. The molecule has 0 fully saturated rings. The molecule has 0 aliphatic carbocycles. The molecule has 0 aliphatic rings. The number of ether oxygens (including phenoxy) is 2. The first-order chi connectivity index (χ1) is 29.1. The molecule has 2 unspecified atom stereocenters. The minimum absolute atomic E-state index is 0.0881. The average Bonchev–Trinajstić information content (AvgIpc) is 3.20. The third kappa shape index (κ3) is 47.8. The highest BCUT2D eigenvalue weighted by molar-refractivity contribution is 7.47. The van der Waals surface area contributed by atoms with Gasteiger partial charge >= 0.3 is 13.8 Å². The van der Waals surface area contributed by atoms with Crippen LogP contribution in [0.5, 0.6) is 0 Å². The normalized spacial score (nSPS) is 13.9. The minimum Gasteiger partial charge on any atom is -0.457 e. The van der Waals surface area contributed by atoms with E-state index in [-0.39, 0.29) is 25.8 Å². The average molecular weight is 869 g/mol. The van der Waals surface area contributed by atoms with Crippen LogP contribution in [0.25, 0.3) is 0 Å². The van der Waals surface area contributed by atoms with Crippen molar-refractivity contribution in [2.75, 3.05) is 54.1 Å². The smallest absolute Gasteiger partial charge is 0.457 e. The number of carbonyl (C=O) groups excluding carboxylic acids is 1. The molecular formula is C51H99NO7P+. The molecule has 9 heteroatoms. The zero-order valence-corrected chi connectivity index (χ0v) is 41.1. The molecule has 0 radical (unpaired) electrons. The molecule has 0 amide bonds. The van der Waals surface area contributed by atoms with Crippen LogP contribution >= 0.6 is 7.82 Å². The lowest BCUT2D eigenvalue weighted by Gasteiger charge is -2.24. The number of nitrogens with zero attached hydrogens (tertiary/aromatic N) is 1. The summed E-state index contributed by atoms with van der Waals surface area (Å²) in [5.74, 6) is -0.312. The lowest BCUT2D eigenvalue weighted by molar-refractivity contribution is -0.870. The third-order valence-corrected chi connectivity index (χ3v) is 12.0. The van der Waals surface area contributed by atoms with E-state index < -0.39 is 13.9 Å². The Hall–Kier alpha value is -1.28. The van der Waals surface area contributed by atoms with Gasteiger partial charge in [0.05, 0.1) is 34.4 Å². The van der Waals surface area contributed by atoms with E-state index in [1.807, 2.05) is 21.1 Å². The Bertz CT molecular complexity index is 1060. The van der Waals surface area contributed by atoms with Gasteiger partial charge in [0.15, 0.2) is 0 Å². The molecular weight excluding hydrogens is 770 g/mol. The zero-order chi connectivity index (χ0) is 44.1. The molecule has 2 atom stereocenters. The molecule has 354 valence electrons. The summed E-state index contributed by atoms with van der Waals surface area (Å²) in [5, 5.41) is 0. The highest BCUT2D eigenvalue weighted by Crippen LogP contribution is 2.43. The van der Waals surface area contributed by atoms with Gasteiger partial charge in [-0.25, -0.2) is 4.57 Å². The predicted molar refractivity (Wildman–Crippen MR) is 256 cm³/mol. The Morgan fingerprint density at radius 1 is 0.533 bits per heavy atom. The number of hydrogen-bond donors (Lipinski definition) is 1. The lowest BCUT2D eigenvalue weighted by atomic mass is 10.0. The molecule has 1 N–H and O–H groups in total. The molecule has 0 aromatic heterocycles. The van der Waals surface area contributed by atoms with E-state index in [0.29, 0.717) is 24.1 Å². The fourth-order valence-electron chi connectivity index (χ4n) is 7.10. The molecule has 60 heavy (non-hydrogen) atoms. The molecule has 0 saturated heterocycles. The van der Waals surface area contributed by atoms with Crippen molar-refractivity contribution in [1.29, 1.82) is 0 Å². The van der Waals surface area contributed by atoms with Crippen LogP contribution in [-0.2, 0) is 27.9 Å². The van der Waals surface area contributed by atoms with Gasteiger partial charge in [0, 0.05) is 13.0 Å². The van der Waals surface area contributed by atoms with E-state index in [4.69, 9.17) is 18.5 Å². The van der Waals surface area contributed by atoms with Gasteiger partial charge < -0.3 is 18.9 Å². The van der Waals surface area contributed by atoms with E-state index in [0.717, 1.165) is 51.4 Å². The SMILES string of the molecule is CC/C=C\C/C=C\C/C=C\CCCCCCCCCCOCC(COP(=O)(O)OCC[N+](C)(C)C)OC(=O)CCCCCCCCCCCCCCCCCCCCCC. The summed E-state index contributed by atoms with van der Waals surface area (Å²) in [6.45, 7) is 5.54. The fourth-order valence-corrected chi connectivity index (χ4v) is 7.84. The summed E-state index contributed by atoms with van der Waals surface area (Å²) < 4.78 is 35.1. The summed E-state index contributed by atoms with van der Waals surface area (Å²) in [6, 6.07) is 0. The summed E-state index contributed by atoms with van der Waals surface area (Å²) in [4.78, 5) is 23.0. The number of phosphoric ester groups is 1. The van der Waals surface area contributed by atoms with Crippen molar-refractivity contribution in [3.05, 3.63) is 36.5 Å². The van der Waals surface area contributed by atoms with Crippen molar-refractivity contribution < 1.29 is 37.3 Å². The molecule has 0 bridgehead atoms. The third-order valence-electron chi connectivity index (χ3n) is 11.0. The highest BCUT2D eigenvalue weighted by atomic mass is 31.2. The van der Waals surface area contributed by atoms with Gasteiger partial charge in [-0.1, -0.05) is 211 Å². The van der Waals surface area contributed by atoms with Crippen LogP contribution in [-0.4, -0.2) is 75.6 Å². The number of phosphoric acid groups is 1. The van der Waals surface area contributed by atoms with Crippen LogP contribution in [0.3, 0.4) is 0 Å². The second-order valence-corrected chi connectivity index (χ2v) is 19.6. The fraction of sp³-hybridized carbons (Fsp3) is 0.863. The van der Waals surface area contributed by atoms with Gasteiger partial charge in [-0.3, -0.25) is 13.8 Å². The monoisotopic (exact) mass is 869 g/mol. The Labute approximate surface area is 372 Å². The van der Waals surface area contributed by atoms with Crippen molar-refractivity contribution in [3.8, 4) is 0 Å². The highest BCUT2D eigenvalue weighted by Gasteiger charge is 2.26. The Balaban J connectivity index is 4.13. The van der Waals surface area contributed by atoms with Crippen LogP contribution in [0.2, 0.25) is 0 Å². The first kappa shape index (κ1) is 58.7. The van der Waals surface area contributed by atoms with E-state index in [1.54, 1.807) is 0 Å². The second-order valence-electron chi connectivity index (χ2n) is 18.2. The van der Waals surface area contributed by atoms with Crippen LogP contribution < -0.4 is 0 Å². The van der Waals surface area contributed by atoms with Crippen molar-refractivity contribution in [2.45, 2.75) is 232 Å². The molecule has 0 spiro atoms. The van der Waals surface area contributed by atoms with Gasteiger partial charge in [0.1, 0.15) is 19.3 Å². The number of hydrogen-bond acceptors (Lipinski definition) is 6. The number of quaternary nitrogens is 1. The number of unbranched alkanes of at least 4 members (excludes halogenated alkanes) is 27. The minimum atomic E-state index is -4.28. The Morgan fingerprint density at radius 3 is 1.45 bits per heavy atom. The van der Waals surface area contributed by atoms with Crippen molar-refractivity contribution >= 4 is 13.8 Å². The van der Waals surface area contributed by atoms with Crippen LogP contribution in [0.15, 0.2) is 36.5 Å².